The summed E-state index contributed by atoms with van der Waals surface area (Å²) in [4.78, 5) is 28.5. The average molecular weight is 476 g/mol. The lowest BCUT2D eigenvalue weighted by atomic mass is 10.1. The molecule has 7 nitrogen and oxygen atoms in total. The Morgan fingerprint density at radius 2 is 2.03 bits per heavy atom. The van der Waals surface area contributed by atoms with Gasteiger partial charge in [-0.15, -0.1) is 21.5 Å². The van der Waals surface area contributed by atoms with Crippen molar-refractivity contribution in [3.8, 4) is 10.8 Å². The van der Waals surface area contributed by atoms with E-state index < -0.39 is 5.97 Å². The molecule has 0 aliphatic carbocycles. The Morgan fingerprint density at radius 3 is 2.77 bits per heavy atom. The summed E-state index contributed by atoms with van der Waals surface area (Å²) in [6, 6.07) is 7.78. The Kier molecular flexibility index (Phi) is 6.17. The zero-order chi connectivity index (χ0) is 22.1. The number of thiophene rings is 1. The second-order valence-corrected chi connectivity index (χ2v) is 9.03. The van der Waals surface area contributed by atoms with Crippen LogP contribution in [0.15, 0.2) is 33.9 Å². The highest BCUT2D eigenvalue weighted by Gasteiger charge is 2.24. The van der Waals surface area contributed by atoms with Crippen LogP contribution in [-0.2, 0) is 4.74 Å². The summed E-state index contributed by atoms with van der Waals surface area (Å²) in [5.41, 5.74) is 1.95. The van der Waals surface area contributed by atoms with E-state index in [-0.39, 0.29) is 23.4 Å². The minimum Gasteiger partial charge on any atom is -0.462 e. The molecule has 1 aromatic carbocycles. The summed E-state index contributed by atoms with van der Waals surface area (Å²) in [5, 5.41) is 9.88. The number of benzene rings is 1. The highest BCUT2D eigenvalue weighted by atomic mass is 35.5. The number of ketones is 1. The highest BCUT2D eigenvalue weighted by Crippen LogP contribution is 2.41. The molecule has 0 atom stereocenters. The number of nitrogens with one attached hydrogen (secondary N) is 1. The molecule has 4 aromatic rings. The topological polar surface area (TPSA) is 98.1 Å². The molecule has 3 heterocycles. The summed E-state index contributed by atoms with van der Waals surface area (Å²) in [7, 11) is 0. The van der Waals surface area contributed by atoms with Crippen molar-refractivity contribution >= 4 is 56.5 Å². The summed E-state index contributed by atoms with van der Waals surface area (Å²) in [6.07, 6.45) is 0. The van der Waals surface area contributed by atoms with Gasteiger partial charge in [0.05, 0.1) is 28.6 Å². The fourth-order valence-electron chi connectivity index (χ4n) is 3.25. The number of ether oxygens (including phenoxy) is 1. The Balaban J connectivity index is 1.49. The standard InChI is InChI=1S/C21H18ClN3O4S2/c1-4-28-20(27)15-10(2)17(23-11(15)3)13(26)9-30-21-25-24-19(29-21)18-16(22)12-7-5-6-8-14(12)31-18/h5-8,23H,4,9H2,1-3H3. The molecular weight excluding hydrogens is 458 g/mol. The molecule has 0 aliphatic rings. The molecule has 3 aromatic heterocycles. The number of nitrogens with zero attached hydrogens (tertiary/aromatic N) is 2. The Bertz CT molecular complexity index is 1290. The van der Waals surface area contributed by atoms with E-state index in [0.29, 0.717) is 38.3 Å². The highest BCUT2D eigenvalue weighted by molar-refractivity contribution is 7.99. The number of Topliss-reactive ketones (excluding diaryl/α,β-unsaturated/α-hetero) is 1. The molecule has 0 spiro atoms. The number of esters is 1. The van der Waals surface area contributed by atoms with Gasteiger partial charge < -0.3 is 14.1 Å². The maximum absolute atomic E-state index is 12.7. The molecule has 0 radical (unpaired) electrons. The number of rotatable bonds is 7. The van der Waals surface area contributed by atoms with E-state index in [1.165, 1.54) is 11.3 Å². The maximum Gasteiger partial charge on any atom is 0.340 e. The number of thioether (sulfide) groups is 1. The van der Waals surface area contributed by atoms with E-state index in [1.54, 1.807) is 20.8 Å². The molecule has 0 saturated carbocycles. The predicted octanol–water partition coefficient (Wildman–Crippen LogP) is 5.70. The van der Waals surface area contributed by atoms with Crippen molar-refractivity contribution in [2.24, 2.45) is 0 Å². The third kappa shape index (κ3) is 4.13. The largest absolute Gasteiger partial charge is 0.462 e. The smallest absolute Gasteiger partial charge is 0.340 e. The van der Waals surface area contributed by atoms with E-state index in [4.69, 9.17) is 20.8 Å². The summed E-state index contributed by atoms with van der Waals surface area (Å²) in [6.45, 7) is 5.47. The van der Waals surface area contributed by atoms with Gasteiger partial charge in [0.2, 0.25) is 0 Å². The third-order valence-electron chi connectivity index (χ3n) is 4.66. The molecule has 0 aliphatic heterocycles. The minimum absolute atomic E-state index is 0.0742. The third-order valence-corrected chi connectivity index (χ3v) is 7.14. The van der Waals surface area contributed by atoms with Crippen LogP contribution in [0.4, 0.5) is 0 Å². The van der Waals surface area contributed by atoms with Gasteiger partial charge in [0.1, 0.15) is 4.88 Å². The van der Waals surface area contributed by atoms with Crippen LogP contribution in [0.3, 0.4) is 0 Å². The van der Waals surface area contributed by atoms with Crippen LogP contribution in [0.25, 0.3) is 20.9 Å². The van der Waals surface area contributed by atoms with Crippen LogP contribution < -0.4 is 0 Å². The molecule has 160 valence electrons. The van der Waals surface area contributed by atoms with Gasteiger partial charge in [-0.2, -0.15) is 0 Å². The quantitative estimate of drug-likeness (QED) is 0.208. The first-order chi connectivity index (χ1) is 14.9. The number of hydrogen-bond acceptors (Lipinski definition) is 8. The molecular formula is C21H18ClN3O4S2. The van der Waals surface area contributed by atoms with Crippen molar-refractivity contribution in [3.05, 3.63) is 51.8 Å². The molecule has 10 heteroatoms. The lowest BCUT2D eigenvalue weighted by Gasteiger charge is -2.02. The Hall–Kier alpha value is -2.62. The van der Waals surface area contributed by atoms with Crippen LogP contribution in [0.2, 0.25) is 5.02 Å². The molecule has 1 N–H and O–H groups in total. The van der Waals surface area contributed by atoms with E-state index in [9.17, 15) is 9.59 Å². The lowest BCUT2D eigenvalue weighted by molar-refractivity contribution is 0.0525. The first-order valence-electron chi connectivity index (χ1n) is 9.43. The van der Waals surface area contributed by atoms with E-state index in [0.717, 1.165) is 21.8 Å². The van der Waals surface area contributed by atoms with Crippen molar-refractivity contribution < 1.29 is 18.7 Å². The summed E-state index contributed by atoms with van der Waals surface area (Å²) >= 11 is 9.07. The van der Waals surface area contributed by atoms with E-state index in [2.05, 4.69) is 15.2 Å². The number of aromatic amines is 1. The Labute approximate surface area is 191 Å². The molecule has 0 bridgehead atoms. The monoisotopic (exact) mass is 475 g/mol. The predicted molar refractivity (Wildman–Crippen MR) is 121 cm³/mol. The summed E-state index contributed by atoms with van der Waals surface area (Å²) < 4.78 is 11.8. The van der Waals surface area contributed by atoms with Crippen molar-refractivity contribution in [3.63, 3.8) is 0 Å². The molecule has 0 unspecified atom stereocenters. The first-order valence-corrected chi connectivity index (χ1v) is 11.6. The second-order valence-electron chi connectivity index (χ2n) is 6.67. The van der Waals surface area contributed by atoms with Gasteiger partial charge in [-0.1, -0.05) is 41.6 Å². The number of aromatic nitrogens is 3. The number of carbonyl (C=O) groups excluding carboxylic acids is 2. The van der Waals surface area contributed by atoms with Crippen LogP contribution in [0, 0.1) is 13.8 Å². The van der Waals surface area contributed by atoms with Gasteiger partial charge in [-0.3, -0.25) is 4.79 Å². The van der Waals surface area contributed by atoms with Gasteiger partial charge in [-0.25, -0.2) is 4.79 Å². The molecule has 31 heavy (non-hydrogen) atoms. The van der Waals surface area contributed by atoms with Gasteiger partial charge >= 0.3 is 5.97 Å². The van der Waals surface area contributed by atoms with Crippen LogP contribution in [0.1, 0.15) is 39.0 Å². The molecule has 0 amide bonds. The number of aryl methyl sites for hydroxylation is 1. The van der Waals surface area contributed by atoms with Gasteiger partial charge in [0, 0.05) is 15.8 Å². The summed E-state index contributed by atoms with van der Waals surface area (Å²) in [5.74, 6) is -0.231. The fourth-order valence-corrected chi connectivity index (χ4v) is 5.32. The van der Waals surface area contributed by atoms with Crippen molar-refractivity contribution in [1.82, 2.24) is 15.2 Å². The van der Waals surface area contributed by atoms with E-state index >= 15 is 0 Å². The van der Waals surface area contributed by atoms with Crippen molar-refractivity contribution in [2.45, 2.75) is 26.0 Å². The van der Waals surface area contributed by atoms with Gasteiger partial charge in [0.15, 0.2) is 5.78 Å². The molecule has 0 fully saturated rings. The Morgan fingerprint density at radius 1 is 1.26 bits per heavy atom. The number of hydrogen-bond donors (Lipinski definition) is 1. The molecule has 4 rings (SSSR count). The number of halogens is 1. The van der Waals surface area contributed by atoms with Gasteiger partial charge in [0.25, 0.3) is 11.1 Å². The van der Waals surface area contributed by atoms with Crippen molar-refractivity contribution in [2.75, 3.05) is 12.4 Å². The normalized spacial score (nSPS) is 11.2. The fraction of sp³-hybridized carbons (Fsp3) is 0.238. The van der Waals surface area contributed by atoms with Crippen LogP contribution in [-0.4, -0.2) is 39.3 Å². The SMILES string of the molecule is CCOC(=O)c1c(C)[nH]c(C(=O)CSc2nnc(-c3sc4ccccc4c3Cl)o2)c1C. The zero-order valence-electron chi connectivity index (χ0n) is 16.9. The maximum atomic E-state index is 12.7. The van der Waals surface area contributed by atoms with Crippen LogP contribution in [0.5, 0.6) is 0 Å². The molecule has 0 saturated heterocycles. The van der Waals surface area contributed by atoms with Crippen molar-refractivity contribution in [1.29, 1.82) is 0 Å². The first kappa shape index (κ1) is 21.6. The zero-order valence-corrected chi connectivity index (χ0v) is 19.3. The minimum atomic E-state index is -0.442. The number of carbonyl (C=O) groups is 2. The van der Waals surface area contributed by atoms with Gasteiger partial charge in [-0.05, 0) is 32.4 Å². The average Bonchev–Trinajstić information content (AvgIpc) is 3.43. The number of H-pyrrole nitrogens is 1. The van der Waals surface area contributed by atoms with Crippen LogP contribution >= 0.6 is 34.7 Å². The van der Waals surface area contributed by atoms with E-state index in [1.807, 2.05) is 24.3 Å². The lowest BCUT2D eigenvalue weighted by Crippen LogP contribution is -2.08. The second kappa shape index (κ2) is 8.86. The number of fused-ring (bicyclic) bond motifs is 1.